The van der Waals surface area contributed by atoms with Gasteiger partial charge in [-0.2, -0.15) is 0 Å². The minimum atomic E-state index is -0.0205. The van der Waals surface area contributed by atoms with E-state index in [1.807, 2.05) is 39.8 Å². The maximum absolute atomic E-state index is 12.8. The first kappa shape index (κ1) is 19.1. The molecule has 0 bridgehead atoms. The van der Waals surface area contributed by atoms with Crippen molar-refractivity contribution in [3.63, 3.8) is 0 Å². The molecule has 3 heterocycles. The summed E-state index contributed by atoms with van der Waals surface area (Å²) in [5.41, 5.74) is 8.12. The number of amides is 2. The van der Waals surface area contributed by atoms with Crippen LogP contribution in [0.2, 0.25) is 0 Å². The molecule has 1 saturated heterocycles. The lowest BCUT2D eigenvalue weighted by Crippen LogP contribution is -2.49. The van der Waals surface area contributed by atoms with Gasteiger partial charge in [-0.25, -0.2) is 9.78 Å². The van der Waals surface area contributed by atoms with E-state index in [0.717, 1.165) is 56.2 Å². The average molecular weight is 424 g/mol. The number of anilines is 1. The molecule has 32 heavy (non-hydrogen) atoms. The summed E-state index contributed by atoms with van der Waals surface area (Å²) in [6.45, 7) is 3.94. The van der Waals surface area contributed by atoms with Crippen LogP contribution in [0.1, 0.15) is 16.8 Å². The first-order valence-corrected chi connectivity index (χ1v) is 11.1. The van der Waals surface area contributed by atoms with Gasteiger partial charge in [0.15, 0.2) is 0 Å². The summed E-state index contributed by atoms with van der Waals surface area (Å²) in [4.78, 5) is 21.8. The maximum atomic E-state index is 12.8. The Hall–Kier alpha value is -3.64. The third kappa shape index (κ3) is 3.52. The number of carbonyl (C=O) groups is 1. The molecule has 2 amide bonds. The molecule has 6 nitrogen and oxygen atoms in total. The van der Waals surface area contributed by atoms with Crippen LogP contribution >= 0.6 is 0 Å². The highest BCUT2D eigenvalue weighted by atomic mass is 16.2. The molecule has 0 atom stereocenters. The molecule has 1 N–H and O–H groups in total. The second-order valence-corrected chi connectivity index (χ2v) is 8.60. The minimum Gasteiger partial charge on any atom is -0.322 e. The zero-order valence-corrected chi connectivity index (χ0v) is 17.9. The van der Waals surface area contributed by atoms with E-state index in [0.29, 0.717) is 0 Å². The third-order valence-corrected chi connectivity index (χ3v) is 6.50. The first-order valence-electron chi connectivity index (χ1n) is 11.1. The van der Waals surface area contributed by atoms with Crippen molar-refractivity contribution in [2.75, 3.05) is 31.5 Å². The van der Waals surface area contributed by atoms with E-state index in [9.17, 15) is 4.79 Å². The molecule has 1 aliphatic carbocycles. The molecular weight excluding hydrogens is 398 g/mol. The van der Waals surface area contributed by atoms with Gasteiger partial charge in [0.05, 0.1) is 5.69 Å². The molecule has 160 valence electrons. The number of nitrogens with one attached hydrogen (secondary N) is 1. The zero-order chi connectivity index (χ0) is 21.5. The van der Waals surface area contributed by atoms with Crippen molar-refractivity contribution in [1.82, 2.24) is 19.2 Å². The number of fused-ring (bicyclic) bond motifs is 4. The Morgan fingerprint density at radius 2 is 1.72 bits per heavy atom. The predicted octanol–water partition coefficient (Wildman–Crippen LogP) is 4.26. The van der Waals surface area contributed by atoms with E-state index in [1.165, 1.54) is 22.3 Å². The van der Waals surface area contributed by atoms with Gasteiger partial charge in [0, 0.05) is 50.8 Å². The van der Waals surface area contributed by atoms with Gasteiger partial charge in [0.25, 0.3) is 0 Å². The molecule has 1 aliphatic heterocycles. The van der Waals surface area contributed by atoms with Gasteiger partial charge >= 0.3 is 6.03 Å². The van der Waals surface area contributed by atoms with Crippen LogP contribution < -0.4 is 5.32 Å². The normalized spacial score (nSPS) is 15.6. The molecule has 6 heteroatoms. The van der Waals surface area contributed by atoms with Crippen molar-refractivity contribution in [3.05, 3.63) is 89.9 Å². The van der Waals surface area contributed by atoms with E-state index in [2.05, 4.69) is 57.8 Å². The first-order chi connectivity index (χ1) is 15.7. The number of carbonyl (C=O) groups excluding carboxylic acids is 1. The lowest BCUT2D eigenvalue weighted by Gasteiger charge is -2.34. The van der Waals surface area contributed by atoms with Crippen LogP contribution in [0.5, 0.6) is 0 Å². The molecule has 0 spiro atoms. The minimum absolute atomic E-state index is 0.0205. The molecule has 0 unspecified atom stereocenters. The van der Waals surface area contributed by atoms with E-state index in [1.54, 1.807) is 0 Å². The molecule has 4 aromatic rings. The summed E-state index contributed by atoms with van der Waals surface area (Å²) in [6.07, 6.45) is 5.03. The lowest BCUT2D eigenvalue weighted by atomic mass is 10.1. The number of hydrogen-bond acceptors (Lipinski definition) is 3. The Morgan fingerprint density at radius 1 is 0.906 bits per heavy atom. The third-order valence-electron chi connectivity index (χ3n) is 6.50. The Balaban J connectivity index is 1.06. The Bertz CT molecular complexity index is 1270. The van der Waals surface area contributed by atoms with Crippen molar-refractivity contribution in [1.29, 1.82) is 0 Å². The van der Waals surface area contributed by atoms with Crippen LogP contribution in [-0.4, -0.2) is 51.4 Å². The number of rotatable bonds is 3. The highest BCUT2D eigenvalue weighted by Gasteiger charge is 2.23. The van der Waals surface area contributed by atoms with Crippen LogP contribution in [0.25, 0.3) is 16.8 Å². The van der Waals surface area contributed by atoms with Gasteiger partial charge in [-0.1, -0.05) is 36.4 Å². The van der Waals surface area contributed by atoms with Crippen molar-refractivity contribution in [2.24, 2.45) is 0 Å². The average Bonchev–Trinajstić information content (AvgIpc) is 3.39. The number of benzene rings is 2. The van der Waals surface area contributed by atoms with Crippen LogP contribution in [-0.2, 0) is 13.0 Å². The largest absolute Gasteiger partial charge is 0.322 e. The van der Waals surface area contributed by atoms with E-state index in [-0.39, 0.29) is 6.03 Å². The number of hydrogen-bond donors (Lipinski definition) is 1. The number of urea groups is 1. The topological polar surface area (TPSA) is 52.9 Å². The molecule has 2 aromatic heterocycles. The molecular formula is C26H25N5O. The SMILES string of the molecule is O=C(Nc1ccc2c(c1)Cc1ccccc1-2)N1CCN(Cc2cn3ccccc3n2)CC1. The summed E-state index contributed by atoms with van der Waals surface area (Å²) in [5, 5.41) is 3.10. The lowest BCUT2D eigenvalue weighted by molar-refractivity contribution is 0.142. The number of aromatic nitrogens is 2. The summed E-state index contributed by atoms with van der Waals surface area (Å²) in [5.74, 6) is 0. The molecule has 1 fully saturated rings. The predicted molar refractivity (Wildman–Crippen MR) is 126 cm³/mol. The molecule has 6 rings (SSSR count). The van der Waals surface area contributed by atoms with E-state index >= 15 is 0 Å². The highest BCUT2D eigenvalue weighted by Crippen LogP contribution is 2.37. The van der Waals surface area contributed by atoms with E-state index in [4.69, 9.17) is 0 Å². The molecule has 2 aromatic carbocycles. The fraction of sp³-hybridized carbons (Fsp3) is 0.231. The second-order valence-electron chi connectivity index (χ2n) is 8.60. The van der Waals surface area contributed by atoms with Crippen LogP contribution in [0, 0.1) is 0 Å². The Morgan fingerprint density at radius 3 is 2.59 bits per heavy atom. The summed E-state index contributed by atoms with van der Waals surface area (Å²) >= 11 is 0. The standard InChI is InChI=1S/C26H25N5O/c32-26(28-21-8-9-24-20(16-21)15-19-5-1-2-6-23(19)24)30-13-11-29(12-14-30)17-22-18-31-10-4-3-7-25(31)27-22/h1-10,16,18H,11-15,17H2,(H,28,32). The maximum Gasteiger partial charge on any atom is 0.321 e. The van der Waals surface area contributed by atoms with Gasteiger partial charge in [0.1, 0.15) is 5.65 Å². The summed E-state index contributed by atoms with van der Waals surface area (Å²) in [7, 11) is 0. The Kier molecular flexibility index (Phi) is 4.65. The highest BCUT2D eigenvalue weighted by molar-refractivity contribution is 5.90. The number of pyridine rings is 1. The van der Waals surface area contributed by atoms with Crippen molar-refractivity contribution < 1.29 is 4.79 Å². The summed E-state index contributed by atoms with van der Waals surface area (Å²) in [6, 6.07) is 20.8. The number of piperazine rings is 1. The summed E-state index contributed by atoms with van der Waals surface area (Å²) < 4.78 is 2.05. The van der Waals surface area contributed by atoms with Gasteiger partial charge in [-0.3, -0.25) is 4.90 Å². The monoisotopic (exact) mass is 423 g/mol. The molecule has 0 saturated carbocycles. The number of nitrogens with zero attached hydrogens (tertiary/aromatic N) is 4. The molecule has 2 aliphatic rings. The van der Waals surface area contributed by atoms with Crippen LogP contribution in [0.15, 0.2) is 73.1 Å². The van der Waals surface area contributed by atoms with Gasteiger partial charge in [-0.05, 0) is 52.9 Å². The van der Waals surface area contributed by atoms with Gasteiger partial charge in [-0.15, -0.1) is 0 Å². The zero-order valence-electron chi connectivity index (χ0n) is 17.9. The van der Waals surface area contributed by atoms with Crippen molar-refractivity contribution in [2.45, 2.75) is 13.0 Å². The fourth-order valence-corrected chi connectivity index (χ4v) is 4.83. The quantitative estimate of drug-likeness (QED) is 0.472. The van der Waals surface area contributed by atoms with Crippen LogP contribution in [0.3, 0.4) is 0 Å². The van der Waals surface area contributed by atoms with Gasteiger partial charge < -0.3 is 14.6 Å². The van der Waals surface area contributed by atoms with Crippen molar-refractivity contribution >= 4 is 17.4 Å². The van der Waals surface area contributed by atoms with Crippen LogP contribution in [0.4, 0.5) is 10.5 Å². The molecule has 0 radical (unpaired) electrons. The van der Waals surface area contributed by atoms with E-state index < -0.39 is 0 Å². The van der Waals surface area contributed by atoms with Gasteiger partial charge in [0.2, 0.25) is 0 Å². The number of imidazole rings is 1. The van der Waals surface area contributed by atoms with Crippen molar-refractivity contribution in [3.8, 4) is 11.1 Å². The smallest absolute Gasteiger partial charge is 0.321 e. The fourth-order valence-electron chi connectivity index (χ4n) is 4.83. The second kappa shape index (κ2) is 7.80. The Labute approximate surface area is 187 Å².